The third kappa shape index (κ3) is 2.73. The number of carbonyl (C=O) groups is 1. The lowest BCUT2D eigenvalue weighted by Crippen LogP contribution is -2.41. The summed E-state index contributed by atoms with van der Waals surface area (Å²) in [4.78, 5) is 25.6. The second kappa shape index (κ2) is 6.20. The molecule has 1 fully saturated rings. The molecule has 1 amide bonds. The van der Waals surface area contributed by atoms with Crippen LogP contribution in [0.25, 0.3) is 0 Å². The van der Waals surface area contributed by atoms with E-state index < -0.39 is 0 Å². The van der Waals surface area contributed by atoms with Gasteiger partial charge in [-0.25, -0.2) is 9.97 Å². The molecule has 0 N–H and O–H groups in total. The summed E-state index contributed by atoms with van der Waals surface area (Å²) < 4.78 is 5.32. The summed E-state index contributed by atoms with van der Waals surface area (Å²) in [6.45, 7) is 5.11. The van der Waals surface area contributed by atoms with Crippen molar-refractivity contribution in [2.45, 2.75) is 13.3 Å². The number of hydrogen-bond donors (Lipinski definition) is 0. The van der Waals surface area contributed by atoms with E-state index in [1.165, 1.54) is 11.3 Å². The molecule has 1 aromatic heterocycles. The average Bonchev–Trinajstić information content (AvgIpc) is 3.05. The third-order valence-corrected chi connectivity index (χ3v) is 4.51. The smallest absolute Gasteiger partial charge is 0.272 e. The van der Waals surface area contributed by atoms with Crippen LogP contribution in [-0.4, -0.2) is 53.6 Å². The van der Waals surface area contributed by atoms with Gasteiger partial charge in [-0.1, -0.05) is 18.2 Å². The molecule has 3 heterocycles. The van der Waals surface area contributed by atoms with Gasteiger partial charge < -0.3 is 14.5 Å². The van der Waals surface area contributed by atoms with Gasteiger partial charge in [0, 0.05) is 31.4 Å². The quantitative estimate of drug-likeness (QED) is 0.845. The molecule has 0 saturated carbocycles. The van der Waals surface area contributed by atoms with Crippen LogP contribution in [0.1, 0.15) is 21.9 Å². The summed E-state index contributed by atoms with van der Waals surface area (Å²) in [5.41, 5.74) is 2.94. The van der Waals surface area contributed by atoms with Gasteiger partial charge in [-0.2, -0.15) is 0 Å². The number of ether oxygens (including phenoxy) is 1. The largest absolute Gasteiger partial charge is 0.378 e. The molecule has 0 radical (unpaired) electrons. The molecule has 0 spiro atoms. The first-order chi connectivity index (χ1) is 11.7. The predicted octanol–water partition coefficient (Wildman–Crippen LogP) is 1.95. The molecular weight excluding hydrogens is 304 g/mol. The van der Waals surface area contributed by atoms with Crippen molar-refractivity contribution in [3.8, 4) is 0 Å². The summed E-state index contributed by atoms with van der Waals surface area (Å²) in [6, 6.07) is 10.1. The Hall–Kier alpha value is -2.47. The van der Waals surface area contributed by atoms with Crippen molar-refractivity contribution >= 4 is 17.4 Å². The molecule has 6 heteroatoms. The standard InChI is InChI=1S/C18H20N4O2/c1-13-19-15(18(23)21-8-10-24-11-9-21)12-17(20-13)22-7-6-14-4-2-3-5-16(14)22/h2-5,12H,6-11H2,1H3. The molecule has 1 aromatic carbocycles. The minimum absolute atomic E-state index is 0.0440. The zero-order valence-electron chi connectivity index (χ0n) is 13.7. The minimum atomic E-state index is -0.0440. The van der Waals surface area contributed by atoms with Gasteiger partial charge >= 0.3 is 0 Å². The summed E-state index contributed by atoms with van der Waals surface area (Å²) in [6.07, 6.45) is 0.992. The Bertz CT molecular complexity index is 771. The maximum absolute atomic E-state index is 12.7. The fourth-order valence-electron chi connectivity index (χ4n) is 3.30. The number of aryl methyl sites for hydroxylation is 1. The van der Waals surface area contributed by atoms with E-state index in [0.717, 1.165) is 18.8 Å². The second-order valence-corrected chi connectivity index (χ2v) is 6.09. The van der Waals surface area contributed by atoms with Gasteiger partial charge in [0.15, 0.2) is 0 Å². The Morgan fingerprint density at radius 3 is 2.75 bits per heavy atom. The molecule has 0 bridgehead atoms. The van der Waals surface area contributed by atoms with Gasteiger partial charge in [0.2, 0.25) is 0 Å². The summed E-state index contributed by atoms with van der Waals surface area (Å²) in [5, 5.41) is 0. The molecule has 1 saturated heterocycles. The molecule has 4 rings (SSSR count). The van der Waals surface area contributed by atoms with Crippen LogP contribution in [0.4, 0.5) is 11.5 Å². The van der Waals surface area contributed by atoms with E-state index in [2.05, 4.69) is 33.1 Å². The summed E-state index contributed by atoms with van der Waals surface area (Å²) in [7, 11) is 0. The van der Waals surface area contributed by atoms with Gasteiger partial charge in [0.05, 0.1) is 13.2 Å². The van der Waals surface area contributed by atoms with E-state index in [1.54, 1.807) is 4.90 Å². The number of aromatic nitrogens is 2. The number of fused-ring (bicyclic) bond motifs is 1. The number of rotatable bonds is 2. The third-order valence-electron chi connectivity index (χ3n) is 4.51. The van der Waals surface area contributed by atoms with Gasteiger partial charge in [0.25, 0.3) is 5.91 Å². The van der Waals surface area contributed by atoms with Crippen LogP contribution in [0.15, 0.2) is 30.3 Å². The Kier molecular flexibility index (Phi) is 3.90. The van der Waals surface area contributed by atoms with Gasteiger partial charge in [-0.3, -0.25) is 4.79 Å². The number of morpholine rings is 1. The van der Waals surface area contributed by atoms with Crippen LogP contribution in [0.3, 0.4) is 0 Å². The fraction of sp³-hybridized carbons (Fsp3) is 0.389. The number of amides is 1. The van der Waals surface area contributed by atoms with Gasteiger partial charge in [-0.15, -0.1) is 0 Å². The number of hydrogen-bond acceptors (Lipinski definition) is 5. The number of benzene rings is 1. The van der Waals surface area contributed by atoms with E-state index in [9.17, 15) is 4.79 Å². The molecule has 2 aromatic rings. The van der Waals surface area contributed by atoms with Crippen molar-refractivity contribution in [2.75, 3.05) is 37.7 Å². The molecule has 0 atom stereocenters. The van der Waals surface area contributed by atoms with Crippen molar-refractivity contribution in [2.24, 2.45) is 0 Å². The highest BCUT2D eigenvalue weighted by Crippen LogP contribution is 2.33. The zero-order valence-corrected chi connectivity index (χ0v) is 13.7. The van der Waals surface area contributed by atoms with Crippen LogP contribution in [0.5, 0.6) is 0 Å². The first-order valence-electron chi connectivity index (χ1n) is 8.30. The topological polar surface area (TPSA) is 58.6 Å². The molecule has 2 aliphatic rings. The highest BCUT2D eigenvalue weighted by Gasteiger charge is 2.25. The van der Waals surface area contributed by atoms with Crippen LogP contribution < -0.4 is 4.90 Å². The van der Waals surface area contributed by atoms with Gasteiger partial charge in [-0.05, 0) is 25.0 Å². The molecule has 2 aliphatic heterocycles. The minimum Gasteiger partial charge on any atom is -0.378 e. The van der Waals surface area contributed by atoms with Crippen molar-refractivity contribution in [3.05, 3.63) is 47.4 Å². The van der Waals surface area contributed by atoms with Crippen LogP contribution >= 0.6 is 0 Å². The predicted molar refractivity (Wildman–Crippen MR) is 90.6 cm³/mol. The Morgan fingerprint density at radius 2 is 1.92 bits per heavy atom. The van der Waals surface area contributed by atoms with E-state index >= 15 is 0 Å². The number of nitrogens with zero attached hydrogens (tertiary/aromatic N) is 4. The van der Waals surface area contributed by atoms with E-state index in [0.29, 0.717) is 37.8 Å². The highest BCUT2D eigenvalue weighted by molar-refractivity contribution is 5.93. The lowest BCUT2D eigenvalue weighted by atomic mass is 10.2. The average molecular weight is 324 g/mol. The van der Waals surface area contributed by atoms with Crippen molar-refractivity contribution in [1.82, 2.24) is 14.9 Å². The lowest BCUT2D eigenvalue weighted by Gasteiger charge is -2.27. The maximum Gasteiger partial charge on any atom is 0.272 e. The SMILES string of the molecule is Cc1nc(C(=O)N2CCOCC2)cc(N2CCc3ccccc32)n1. The molecule has 24 heavy (non-hydrogen) atoms. The van der Waals surface area contributed by atoms with Gasteiger partial charge in [0.1, 0.15) is 17.3 Å². The zero-order chi connectivity index (χ0) is 16.5. The first-order valence-corrected chi connectivity index (χ1v) is 8.30. The monoisotopic (exact) mass is 324 g/mol. The first kappa shape index (κ1) is 15.1. The lowest BCUT2D eigenvalue weighted by molar-refractivity contribution is 0.0299. The van der Waals surface area contributed by atoms with Crippen LogP contribution in [0.2, 0.25) is 0 Å². The Balaban J connectivity index is 1.66. The molecule has 0 aliphatic carbocycles. The normalized spacial score (nSPS) is 17.0. The van der Waals surface area contributed by atoms with Crippen LogP contribution in [0, 0.1) is 6.92 Å². The summed E-state index contributed by atoms with van der Waals surface area (Å²) in [5.74, 6) is 1.37. The molecule has 6 nitrogen and oxygen atoms in total. The van der Waals surface area contributed by atoms with Crippen molar-refractivity contribution in [1.29, 1.82) is 0 Å². The van der Waals surface area contributed by atoms with Crippen molar-refractivity contribution < 1.29 is 9.53 Å². The number of para-hydroxylation sites is 1. The Morgan fingerprint density at radius 1 is 1.12 bits per heavy atom. The van der Waals surface area contributed by atoms with E-state index in [-0.39, 0.29) is 5.91 Å². The highest BCUT2D eigenvalue weighted by atomic mass is 16.5. The van der Waals surface area contributed by atoms with E-state index in [4.69, 9.17) is 4.74 Å². The van der Waals surface area contributed by atoms with Crippen LogP contribution in [-0.2, 0) is 11.2 Å². The molecular formula is C18H20N4O2. The maximum atomic E-state index is 12.7. The Labute approximate surface area is 141 Å². The van der Waals surface area contributed by atoms with E-state index in [1.807, 2.05) is 19.1 Å². The summed E-state index contributed by atoms with van der Waals surface area (Å²) >= 11 is 0. The number of carbonyl (C=O) groups excluding carboxylic acids is 1. The number of anilines is 2. The second-order valence-electron chi connectivity index (χ2n) is 6.09. The fourth-order valence-corrected chi connectivity index (χ4v) is 3.30. The molecule has 0 unspecified atom stereocenters. The molecule has 124 valence electrons. The van der Waals surface area contributed by atoms with Crippen molar-refractivity contribution in [3.63, 3.8) is 0 Å².